The third-order valence-corrected chi connectivity index (χ3v) is 3.34. The van der Waals surface area contributed by atoms with E-state index in [1.165, 1.54) is 0 Å². The van der Waals surface area contributed by atoms with Crippen LogP contribution in [0.4, 0.5) is 0 Å². The van der Waals surface area contributed by atoms with Crippen LogP contribution in [0.5, 0.6) is 0 Å². The van der Waals surface area contributed by atoms with Crippen LogP contribution in [0.1, 0.15) is 0 Å². The molecule has 2 unspecified atom stereocenters. The molecule has 0 saturated carbocycles. The minimum Gasteiger partial charge on any atom is -0.349 e. The van der Waals surface area contributed by atoms with Crippen LogP contribution in [0.3, 0.4) is 0 Å². The van der Waals surface area contributed by atoms with Gasteiger partial charge >= 0.3 is 0 Å². The van der Waals surface area contributed by atoms with Crippen LogP contribution >= 0.6 is 47.8 Å². The van der Waals surface area contributed by atoms with E-state index in [0.29, 0.717) is 0 Å². The standard InChI is InChI=1S/C3H3Br3N2/c4-1-2(5)8-3(6)7-1/h1-2H,(H,7,8). The van der Waals surface area contributed by atoms with Gasteiger partial charge in [-0.1, -0.05) is 31.9 Å². The lowest BCUT2D eigenvalue weighted by Crippen LogP contribution is -2.23. The van der Waals surface area contributed by atoms with Gasteiger partial charge in [0, 0.05) is 0 Å². The Hall–Kier alpha value is 0.910. The van der Waals surface area contributed by atoms with E-state index >= 15 is 0 Å². The average Bonchev–Trinajstić information content (AvgIpc) is 1.85. The van der Waals surface area contributed by atoms with Crippen molar-refractivity contribution < 1.29 is 0 Å². The molecule has 0 aliphatic carbocycles. The number of nitrogens with zero attached hydrogens (tertiary/aromatic N) is 1. The summed E-state index contributed by atoms with van der Waals surface area (Å²) in [5, 5.41) is 3.00. The second kappa shape index (κ2) is 2.66. The lowest BCUT2D eigenvalue weighted by atomic mass is 10.7. The maximum absolute atomic E-state index is 4.06. The van der Waals surface area contributed by atoms with Crippen LogP contribution in [-0.2, 0) is 0 Å². The molecule has 0 saturated heterocycles. The predicted molar refractivity (Wildman–Crippen MR) is 44.9 cm³/mol. The summed E-state index contributed by atoms with van der Waals surface area (Å²) in [4.78, 5) is 4.43. The van der Waals surface area contributed by atoms with Crippen molar-refractivity contribution in [3.8, 4) is 0 Å². The molecule has 0 radical (unpaired) electrons. The Morgan fingerprint density at radius 1 is 1.50 bits per heavy atom. The lowest BCUT2D eigenvalue weighted by Gasteiger charge is -2.01. The number of halogens is 3. The summed E-state index contributed by atoms with van der Waals surface area (Å²) < 4.78 is 0.793. The van der Waals surface area contributed by atoms with Crippen LogP contribution in [0, 0.1) is 0 Å². The monoisotopic (exact) mass is 304 g/mol. The maximum Gasteiger partial charge on any atom is 0.167 e. The predicted octanol–water partition coefficient (Wildman–Crippen LogP) is 1.78. The van der Waals surface area contributed by atoms with E-state index in [2.05, 4.69) is 58.1 Å². The topological polar surface area (TPSA) is 24.4 Å². The summed E-state index contributed by atoms with van der Waals surface area (Å²) in [5.41, 5.74) is 0. The van der Waals surface area contributed by atoms with Crippen molar-refractivity contribution in [1.29, 1.82) is 0 Å². The quantitative estimate of drug-likeness (QED) is 0.535. The first-order valence-electron chi connectivity index (χ1n) is 1.98. The van der Waals surface area contributed by atoms with Crippen molar-refractivity contribution >= 4 is 52.5 Å². The zero-order valence-corrected chi connectivity index (χ0v) is 8.49. The van der Waals surface area contributed by atoms with Crippen molar-refractivity contribution in [3.05, 3.63) is 0 Å². The van der Waals surface area contributed by atoms with E-state index < -0.39 is 0 Å². The molecule has 0 aromatic rings. The Bertz CT molecular complexity index is 124. The molecule has 0 bridgehead atoms. The van der Waals surface area contributed by atoms with Crippen molar-refractivity contribution in [1.82, 2.24) is 5.32 Å². The van der Waals surface area contributed by atoms with E-state index in [0.717, 1.165) is 4.74 Å². The molecule has 1 N–H and O–H groups in total. The number of hydrogen-bond acceptors (Lipinski definition) is 2. The normalized spacial score (nSPS) is 36.6. The van der Waals surface area contributed by atoms with Gasteiger partial charge in [-0.25, -0.2) is 4.99 Å². The van der Waals surface area contributed by atoms with Crippen LogP contribution in [0.2, 0.25) is 0 Å². The van der Waals surface area contributed by atoms with Gasteiger partial charge in [0.15, 0.2) is 4.74 Å². The molecule has 0 aromatic heterocycles. The first-order valence-corrected chi connectivity index (χ1v) is 4.60. The molecule has 5 heteroatoms. The number of amidine groups is 1. The van der Waals surface area contributed by atoms with Crippen LogP contribution in [-0.4, -0.2) is 14.6 Å². The fourth-order valence-corrected chi connectivity index (χ4v) is 2.11. The van der Waals surface area contributed by atoms with Gasteiger partial charge in [-0.05, 0) is 15.9 Å². The van der Waals surface area contributed by atoms with Gasteiger partial charge in [0.2, 0.25) is 0 Å². The van der Waals surface area contributed by atoms with Crippen molar-refractivity contribution in [3.63, 3.8) is 0 Å². The SMILES string of the molecule is BrC1=NC(Br)C(Br)N1. The fourth-order valence-electron chi connectivity index (χ4n) is 0.394. The molecule has 0 spiro atoms. The Balaban J connectivity index is 2.56. The third-order valence-electron chi connectivity index (χ3n) is 0.735. The van der Waals surface area contributed by atoms with E-state index in [1.54, 1.807) is 0 Å². The number of hydrogen-bond donors (Lipinski definition) is 1. The highest BCUT2D eigenvalue weighted by Gasteiger charge is 2.21. The van der Waals surface area contributed by atoms with Crippen LogP contribution in [0.25, 0.3) is 0 Å². The van der Waals surface area contributed by atoms with Crippen molar-refractivity contribution in [2.45, 2.75) is 9.90 Å². The number of alkyl halides is 2. The lowest BCUT2D eigenvalue weighted by molar-refractivity contribution is 0.875. The number of nitrogens with one attached hydrogen (secondary N) is 1. The molecule has 0 aromatic carbocycles. The molecule has 8 heavy (non-hydrogen) atoms. The molecule has 2 nitrogen and oxygen atoms in total. The molecule has 1 aliphatic heterocycles. The molecule has 0 amide bonds. The van der Waals surface area contributed by atoms with Crippen molar-refractivity contribution in [2.24, 2.45) is 4.99 Å². The third kappa shape index (κ3) is 1.45. The summed E-state index contributed by atoms with van der Waals surface area (Å²) in [6.45, 7) is 0. The second-order valence-electron chi connectivity index (χ2n) is 1.34. The Labute approximate surface area is 72.5 Å². The first-order chi connectivity index (χ1) is 3.70. The van der Waals surface area contributed by atoms with E-state index in [1.807, 2.05) is 0 Å². The second-order valence-corrected chi connectivity index (χ2v) is 4.01. The molecule has 0 fully saturated rings. The smallest absolute Gasteiger partial charge is 0.167 e. The van der Waals surface area contributed by atoms with Gasteiger partial charge in [-0.3, -0.25) is 0 Å². The fraction of sp³-hybridized carbons (Fsp3) is 0.667. The molecular formula is C3H3Br3N2. The van der Waals surface area contributed by atoms with Gasteiger partial charge in [0.1, 0.15) is 9.90 Å². The summed E-state index contributed by atoms with van der Waals surface area (Å²) in [7, 11) is 0. The van der Waals surface area contributed by atoms with Gasteiger partial charge in [-0.2, -0.15) is 0 Å². The number of rotatable bonds is 0. The molecule has 1 aliphatic rings. The Morgan fingerprint density at radius 2 is 2.12 bits per heavy atom. The molecular weight excluding hydrogens is 304 g/mol. The minimum absolute atomic E-state index is 0.150. The summed E-state index contributed by atoms with van der Waals surface area (Å²) in [6.07, 6.45) is 0. The van der Waals surface area contributed by atoms with Crippen molar-refractivity contribution in [2.75, 3.05) is 0 Å². The van der Waals surface area contributed by atoms with E-state index in [9.17, 15) is 0 Å². The van der Waals surface area contributed by atoms with E-state index in [4.69, 9.17) is 0 Å². The highest BCUT2D eigenvalue weighted by Crippen LogP contribution is 2.19. The van der Waals surface area contributed by atoms with Crippen LogP contribution in [0.15, 0.2) is 4.99 Å². The van der Waals surface area contributed by atoms with Gasteiger partial charge in [-0.15, -0.1) is 0 Å². The zero-order chi connectivity index (χ0) is 6.15. The Morgan fingerprint density at radius 3 is 2.25 bits per heavy atom. The highest BCUT2D eigenvalue weighted by atomic mass is 79.9. The van der Waals surface area contributed by atoms with Gasteiger partial charge in [0.25, 0.3) is 0 Å². The van der Waals surface area contributed by atoms with Gasteiger partial charge < -0.3 is 5.32 Å². The Kier molecular flexibility index (Phi) is 2.34. The first kappa shape index (κ1) is 7.02. The van der Waals surface area contributed by atoms with Crippen LogP contribution < -0.4 is 5.32 Å². The van der Waals surface area contributed by atoms with Gasteiger partial charge in [0.05, 0.1) is 0 Å². The average molecular weight is 307 g/mol. The summed E-state index contributed by atoms with van der Waals surface area (Å²) in [5.74, 6) is 0. The molecule has 1 heterocycles. The molecule has 2 atom stereocenters. The molecule has 46 valence electrons. The highest BCUT2D eigenvalue weighted by molar-refractivity contribution is 9.18. The maximum atomic E-state index is 4.06. The largest absolute Gasteiger partial charge is 0.349 e. The summed E-state index contributed by atoms with van der Waals surface area (Å²) >= 11 is 9.86. The summed E-state index contributed by atoms with van der Waals surface area (Å²) in [6, 6.07) is 0. The zero-order valence-electron chi connectivity index (χ0n) is 3.74. The van der Waals surface area contributed by atoms with E-state index in [-0.39, 0.29) is 9.90 Å². The number of aliphatic imine (C=N–C) groups is 1. The molecule has 1 rings (SSSR count). The minimum atomic E-state index is 0.150.